The third kappa shape index (κ3) is 2.56. The summed E-state index contributed by atoms with van der Waals surface area (Å²) < 4.78 is 5.64. The van der Waals surface area contributed by atoms with Gasteiger partial charge in [-0.15, -0.1) is 0 Å². The predicted molar refractivity (Wildman–Crippen MR) is 112 cm³/mol. The molecule has 4 heteroatoms. The van der Waals surface area contributed by atoms with E-state index < -0.39 is 5.66 Å². The summed E-state index contributed by atoms with van der Waals surface area (Å²) >= 11 is 0. The van der Waals surface area contributed by atoms with Crippen LogP contribution in [0.1, 0.15) is 68.6 Å². The van der Waals surface area contributed by atoms with Crippen molar-refractivity contribution in [3.63, 3.8) is 0 Å². The van der Waals surface area contributed by atoms with Crippen molar-refractivity contribution in [2.45, 2.75) is 70.1 Å². The fraction of sp³-hybridized carbons (Fsp3) is 0.583. The van der Waals surface area contributed by atoms with Crippen molar-refractivity contribution in [3.05, 3.63) is 34.9 Å². The van der Waals surface area contributed by atoms with Crippen molar-refractivity contribution in [2.24, 2.45) is 27.1 Å². The summed E-state index contributed by atoms with van der Waals surface area (Å²) in [5.41, 5.74) is 10.2. The molecule has 28 heavy (non-hydrogen) atoms. The van der Waals surface area contributed by atoms with Gasteiger partial charge in [0.2, 0.25) is 0 Å². The van der Waals surface area contributed by atoms with E-state index >= 15 is 0 Å². The second-order valence-corrected chi connectivity index (χ2v) is 9.03. The van der Waals surface area contributed by atoms with Crippen molar-refractivity contribution in [1.29, 1.82) is 0 Å². The average Bonchev–Trinajstić information content (AvgIpc) is 3.10. The zero-order chi connectivity index (χ0) is 19.4. The van der Waals surface area contributed by atoms with Crippen LogP contribution in [-0.2, 0) is 16.8 Å². The number of amidine groups is 1. The topological polar surface area (TPSA) is 60.0 Å². The quantitative estimate of drug-likeness (QED) is 0.756. The molecule has 2 saturated carbocycles. The highest BCUT2D eigenvalue weighted by Crippen LogP contribution is 2.61. The van der Waals surface area contributed by atoms with Gasteiger partial charge in [0, 0.05) is 29.6 Å². The molecule has 4 aliphatic rings. The van der Waals surface area contributed by atoms with Crippen LogP contribution in [0.25, 0.3) is 0 Å². The summed E-state index contributed by atoms with van der Waals surface area (Å²) in [6, 6.07) is 6.68. The molecule has 1 atom stereocenters. The van der Waals surface area contributed by atoms with Crippen molar-refractivity contribution in [2.75, 3.05) is 7.11 Å². The van der Waals surface area contributed by atoms with E-state index in [0.717, 1.165) is 43.4 Å². The monoisotopic (exact) mass is 375 g/mol. The zero-order valence-electron chi connectivity index (χ0n) is 16.9. The van der Waals surface area contributed by atoms with E-state index in [1.165, 1.54) is 30.4 Å². The fourth-order valence-electron chi connectivity index (χ4n) is 5.49. The number of methoxy groups -OCH3 is 1. The summed E-state index contributed by atoms with van der Waals surface area (Å²) in [6.45, 7) is 1.99. The number of ether oxygens (including phenoxy) is 1. The molecule has 1 heterocycles. The molecule has 1 aliphatic heterocycles. The molecule has 4 nitrogen and oxygen atoms in total. The number of nitrogens with two attached hydrogens (primary N) is 1. The first-order chi connectivity index (χ1) is 13.6. The van der Waals surface area contributed by atoms with Gasteiger partial charge in [-0.1, -0.05) is 24.3 Å². The Bertz CT molecular complexity index is 903. The van der Waals surface area contributed by atoms with Gasteiger partial charge in [-0.3, -0.25) is 4.99 Å². The van der Waals surface area contributed by atoms with Gasteiger partial charge in [0.05, 0.1) is 11.8 Å². The molecule has 0 unspecified atom stereocenters. The lowest BCUT2D eigenvalue weighted by Gasteiger charge is -2.44. The van der Waals surface area contributed by atoms with Gasteiger partial charge in [-0.2, -0.15) is 0 Å². The summed E-state index contributed by atoms with van der Waals surface area (Å²) in [6.07, 6.45) is 9.43. The Labute approximate surface area is 167 Å². The number of nitrogens with zero attached hydrogens (tertiary/aromatic N) is 2. The highest BCUT2D eigenvalue weighted by Gasteiger charge is 2.60. The zero-order valence-corrected chi connectivity index (χ0v) is 16.9. The fourth-order valence-corrected chi connectivity index (χ4v) is 5.49. The normalized spacial score (nSPS) is 33.9. The Morgan fingerprint density at radius 3 is 2.54 bits per heavy atom. The van der Waals surface area contributed by atoms with Crippen LogP contribution in [0.2, 0.25) is 0 Å². The van der Waals surface area contributed by atoms with Crippen LogP contribution in [0.5, 0.6) is 0 Å². The van der Waals surface area contributed by atoms with Crippen LogP contribution in [0.3, 0.4) is 0 Å². The first-order valence-electron chi connectivity index (χ1n) is 10.7. The first kappa shape index (κ1) is 17.9. The minimum Gasteiger partial charge on any atom is -0.382 e. The third-order valence-electron chi connectivity index (χ3n) is 7.49. The summed E-state index contributed by atoms with van der Waals surface area (Å²) in [7, 11) is 1.82. The van der Waals surface area contributed by atoms with Crippen LogP contribution >= 0.6 is 0 Å². The maximum atomic E-state index is 6.26. The Balaban J connectivity index is 1.57. The minimum absolute atomic E-state index is 0.00671. The number of benzene rings is 1. The lowest BCUT2D eigenvalue weighted by Crippen LogP contribution is -2.43. The maximum Gasteiger partial charge on any atom is 0.184 e. The average molecular weight is 376 g/mol. The Morgan fingerprint density at radius 1 is 1.14 bits per heavy atom. The molecule has 5 rings (SSSR count). The van der Waals surface area contributed by atoms with E-state index in [1.54, 1.807) is 0 Å². The number of aliphatic imine (C=N–C) groups is 2. The number of hydrogen-bond acceptors (Lipinski definition) is 4. The predicted octanol–water partition coefficient (Wildman–Crippen LogP) is 3.95. The van der Waals surface area contributed by atoms with Crippen LogP contribution in [0, 0.1) is 23.2 Å². The molecule has 2 N–H and O–H groups in total. The molecule has 2 spiro atoms. The van der Waals surface area contributed by atoms with Crippen LogP contribution in [0.4, 0.5) is 0 Å². The summed E-state index contributed by atoms with van der Waals surface area (Å²) in [4.78, 5) is 10.2. The molecule has 0 saturated heterocycles. The first-order valence-corrected chi connectivity index (χ1v) is 10.7. The van der Waals surface area contributed by atoms with E-state index in [4.69, 9.17) is 20.5 Å². The van der Waals surface area contributed by atoms with Gasteiger partial charge >= 0.3 is 0 Å². The minimum atomic E-state index is -0.566. The van der Waals surface area contributed by atoms with Gasteiger partial charge in [0.15, 0.2) is 5.66 Å². The molecule has 3 aliphatic carbocycles. The van der Waals surface area contributed by atoms with Crippen molar-refractivity contribution < 1.29 is 4.74 Å². The van der Waals surface area contributed by atoms with E-state index in [9.17, 15) is 0 Å². The lowest BCUT2D eigenvalue weighted by atomic mass is 9.65. The second kappa shape index (κ2) is 6.46. The molecule has 1 aromatic carbocycles. The van der Waals surface area contributed by atoms with E-state index in [2.05, 4.69) is 30.0 Å². The molecule has 2 fully saturated rings. The molecule has 0 bridgehead atoms. The van der Waals surface area contributed by atoms with E-state index in [-0.39, 0.29) is 5.41 Å². The molecule has 146 valence electrons. The smallest absolute Gasteiger partial charge is 0.184 e. The number of hydrogen-bond donors (Lipinski definition) is 1. The second-order valence-electron chi connectivity index (χ2n) is 9.03. The lowest BCUT2D eigenvalue weighted by molar-refractivity contribution is -0.000378. The summed E-state index contributed by atoms with van der Waals surface area (Å²) in [5.74, 6) is 8.03. The number of fused-ring (bicyclic) bond motifs is 3. The van der Waals surface area contributed by atoms with E-state index in [0.29, 0.717) is 17.9 Å². The third-order valence-corrected chi connectivity index (χ3v) is 7.49. The van der Waals surface area contributed by atoms with Gasteiger partial charge in [-0.05, 0) is 69.6 Å². The van der Waals surface area contributed by atoms with Crippen molar-refractivity contribution >= 4 is 11.5 Å². The van der Waals surface area contributed by atoms with Gasteiger partial charge < -0.3 is 10.5 Å². The molecular formula is C24H29N3O. The Morgan fingerprint density at radius 2 is 1.93 bits per heavy atom. The van der Waals surface area contributed by atoms with Crippen LogP contribution in [-0.4, -0.2) is 24.8 Å². The highest BCUT2D eigenvalue weighted by molar-refractivity contribution is 6.41. The van der Waals surface area contributed by atoms with Crippen LogP contribution in [0.15, 0.2) is 28.2 Å². The maximum absolute atomic E-state index is 6.26. The van der Waals surface area contributed by atoms with Gasteiger partial charge in [-0.25, -0.2) is 4.99 Å². The largest absolute Gasteiger partial charge is 0.382 e. The Hall–Kier alpha value is -2.12. The molecule has 1 aromatic rings. The van der Waals surface area contributed by atoms with Crippen molar-refractivity contribution in [1.82, 2.24) is 0 Å². The molecular weight excluding hydrogens is 346 g/mol. The highest BCUT2D eigenvalue weighted by atomic mass is 16.5. The van der Waals surface area contributed by atoms with Crippen molar-refractivity contribution in [3.8, 4) is 11.8 Å². The van der Waals surface area contributed by atoms with Gasteiger partial charge in [0.1, 0.15) is 5.84 Å². The molecule has 0 amide bonds. The SMILES string of the molecule is COC1CCC2(CC1)Cc1ccc(C#CC3CCC3)cc1[C@@]21N=C(C)C(N)=N1. The summed E-state index contributed by atoms with van der Waals surface area (Å²) in [5, 5.41) is 0. The standard InChI is InChI=1S/C24H29N3O/c1-16-22(25)27-24(26-16)21-14-18(7-6-17-4-3-5-17)8-9-19(21)15-23(24)12-10-20(28-2)11-13-23/h8-9,14,17,20H,3-5,10-13,15H2,1-2H3,(H2,25,27)/t20?,23?,24-/m0/s1. The Kier molecular flexibility index (Phi) is 4.14. The van der Waals surface area contributed by atoms with Gasteiger partial charge in [0.25, 0.3) is 0 Å². The molecule has 0 aromatic heterocycles. The number of rotatable bonds is 1. The molecule has 0 radical (unpaired) electrons. The van der Waals surface area contributed by atoms with Crippen LogP contribution < -0.4 is 5.73 Å². The van der Waals surface area contributed by atoms with E-state index in [1.807, 2.05) is 14.0 Å².